The van der Waals surface area contributed by atoms with E-state index in [-0.39, 0.29) is 17.1 Å². The Bertz CT molecular complexity index is 1350. The quantitative estimate of drug-likeness (QED) is 0.389. The van der Waals surface area contributed by atoms with Crippen LogP contribution in [0.15, 0.2) is 65.0 Å². The third-order valence-corrected chi connectivity index (χ3v) is 6.52. The number of allylic oxidation sites excluding steroid dienone is 2. The first-order valence-corrected chi connectivity index (χ1v) is 11.9. The normalized spacial score (nSPS) is 13.3. The van der Waals surface area contributed by atoms with E-state index in [0.29, 0.717) is 36.5 Å². The van der Waals surface area contributed by atoms with E-state index in [1.165, 1.54) is 6.92 Å². The molecule has 0 aliphatic carbocycles. The number of hydrogen-bond acceptors (Lipinski definition) is 5. The second kappa shape index (κ2) is 10.3. The number of methoxy groups -OCH3 is 1. The van der Waals surface area contributed by atoms with Gasteiger partial charge in [0.05, 0.1) is 7.11 Å². The largest absolute Gasteiger partial charge is 0.507 e. The lowest BCUT2D eigenvalue weighted by molar-refractivity contribution is 0.101. The average Bonchev–Trinajstić information content (AvgIpc) is 2.84. The Morgan fingerprint density at radius 3 is 2.60 bits per heavy atom. The van der Waals surface area contributed by atoms with E-state index >= 15 is 0 Å². The number of ether oxygens (including phenoxy) is 1. The molecular formula is C29H32N2O4. The van der Waals surface area contributed by atoms with Crippen LogP contribution in [-0.2, 0) is 26.1 Å². The Labute approximate surface area is 206 Å². The zero-order valence-electron chi connectivity index (χ0n) is 20.8. The van der Waals surface area contributed by atoms with Crippen LogP contribution in [0.3, 0.4) is 0 Å². The first kappa shape index (κ1) is 24.5. The number of fused-ring (bicyclic) bond motifs is 1. The molecule has 0 unspecified atom stereocenters. The fraction of sp³-hybridized carbons (Fsp3) is 0.310. The lowest BCUT2D eigenvalue weighted by Gasteiger charge is -2.31. The summed E-state index contributed by atoms with van der Waals surface area (Å²) in [5.41, 5.74) is 5.91. The Hall–Kier alpha value is -3.64. The summed E-state index contributed by atoms with van der Waals surface area (Å²) in [7, 11) is 1.60. The molecule has 0 saturated carbocycles. The molecule has 1 N–H and O–H groups in total. The van der Waals surface area contributed by atoms with Gasteiger partial charge in [-0.1, -0.05) is 35.9 Å². The van der Waals surface area contributed by atoms with Crippen molar-refractivity contribution in [3.05, 3.63) is 92.9 Å². The molecule has 6 heteroatoms. The molecule has 0 bridgehead atoms. The van der Waals surface area contributed by atoms with Gasteiger partial charge in [-0.25, -0.2) is 0 Å². The maximum atomic E-state index is 13.6. The number of hydrogen-bond donors (Lipinski definition) is 1. The number of aromatic hydroxyl groups is 1. The van der Waals surface area contributed by atoms with E-state index in [4.69, 9.17) is 4.74 Å². The van der Waals surface area contributed by atoms with Gasteiger partial charge in [0.25, 0.3) is 5.56 Å². The van der Waals surface area contributed by atoms with Crippen molar-refractivity contribution in [3.8, 4) is 22.6 Å². The van der Waals surface area contributed by atoms with E-state index in [2.05, 4.69) is 11.0 Å². The minimum atomic E-state index is -0.0437. The van der Waals surface area contributed by atoms with Gasteiger partial charge >= 0.3 is 0 Å². The molecule has 1 aliphatic heterocycles. The summed E-state index contributed by atoms with van der Waals surface area (Å²) in [5, 5.41) is 10.4. The fourth-order valence-electron chi connectivity index (χ4n) is 4.62. The van der Waals surface area contributed by atoms with Gasteiger partial charge in [0.1, 0.15) is 11.5 Å². The number of phenolic OH excluding ortho intramolecular Hbond substituents is 1. The second-order valence-electron chi connectivity index (χ2n) is 9.28. The van der Waals surface area contributed by atoms with Crippen LogP contribution in [0.2, 0.25) is 0 Å². The van der Waals surface area contributed by atoms with Crippen molar-refractivity contribution in [2.75, 3.05) is 13.7 Å². The molecule has 0 amide bonds. The number of aromatic nitrogens is 1. The molecule has 182 valence electrons. The number of benzene rings is 2. The molecular weight excluding hydrogens is 440 g/mol. The van der Waals surface area contributed by atoms with E-state index in [0.717, 1.165) is 40.9 Å². The molecule has 0 radical (unpaired) electrons. The third kappa shape index (κ3) is 5.23. The first-order valence-electron chi connectivity index (χ1n) is 11.9. The number of carbonyl (C=O) groups is 1. The topological polar surface area (TPSA) is 71.8 Å². The SMILES string of the molecule is COc1cccc(O)c1CN1CCc2c(cc(-c3cccc(C(C)=O)c3)c(=O)n2CC=C(C)C)C1. The van der Waals surface area contributed by atoms with Gasteiger partial charge < -0.3 is 14.4 Å². The van der Waals surface area contributed by atoms with Crippen LogP contribution in [0, 0.1) is 0 Å². The van der Waals surface area contributed by atoms with Crippen LogP contribution in [0.25, 0.3) is 11.1 Å². The average molecular weight is 473 g/mol. The molecule has 0 saturated heterocycles. The van der Waals surface area contributed by atoms with Gasteiger partial charge in [-0.15, -0.1) is 0 Å². The number of Topliss-reactive ketones (excluding diaryl/α,β-unsaturated/α-hetero) is 1. The minimum Gasteiger partial charge on any atom is -0.507 e. The predicted octanol–water partition coefficient (Wildman–Crippen LogP) is 4.96. The fourth-order valence-corrected chi connectivity index (χ4v) is 4.62. The van der Waals surface area contributed by atoms with Crippen LogP contribution in [0.1, 0.15) is 48.0 Å². The van der Waals surface area contributed by atoms with Gasteiger partial charge in [0.2, 0.25) is 0 Å². The zero-order valence-corrected chi connectivity index (χ0v) is 20.8. The molecule has 4 rings (SSSR count). The van der Waals surface area contributed by atoms with Crippen molar-refractivity contribution in [1.82, 2.24) is 9.47 Å². The number of pyridine rings is 1. The molecule has 0 spiro atoms. The molecule has 35 heavy (non-hydrogen) atoms. The molecule has 1 aromatic heterocycles. The second-order valence-corrected chi connectivity index (χ2v) is 9.28. The molecule has 6 nitrogen and oxygen atoms in total. The Morgan fingerprint density at radius 2 is 1.89 bits per heavy atom. The Kier molecular flexibility index (Phi) is 7.22. The molecule has 1 aliphatic rings. The van der Waals surface area contributed by atoms with E-state index in [1.54, 1.807) is 31.4 Å². The van der Waals surface area contributed by atoms with Crippen molar-refractivity contribution in [3.63, 3.8) is 0 Å². The van der Waals surface area contributed by atoms with E-state index in [9.17, 15) is 14.7 Å². The summed E-state index contributed by atoms with van der Waals surface area (Å²) < 4.78 is 7.34. The van der Waals surface area contributed by atoms with Gasteiger partial charge in [-0.2, -0.15) is 0 Å². The number of rotatable bonds is 7. The molecule has 2 heterocycles. The van der Waals surface area contributed by atoms with Crippen LogP contribution in [0.5, 0.6) is 11.5 Å². The zero-order chi connectivity index (χ0) is 25.1. The van der Waals surface area contributed by atoms with E-state index < -0.39 is 0 Å². The van der Waals surface area contributed by atoms with Gasteiger partial charge in [-0.05, 0) is 56.2 Å². The highest BCUT2D eigenvalue weighted by atomic mass is 16.5. The minimum absolute atomic E-state index is 0.0301. The first-order chi connectivity index (χ1) is 16.8. The molecule has 3 aromatic rings. The van der Waals surface area contributed by atoms with Crippen LogP contribution < -0.4 is 10.3 Å². The monoisotopic (exact) mass is 472 g/mol. The van der Waals surface area contributed by atoms with Gasteiger partial charge in [-0.3, -0.25) is 14.5 Å². The highest BCUT2D eigenvalue weighted by Crippen LogP contribution is 2.31. The highest BCUT2D eigenvalue weighted by molar-refractivity contribution is 5.95. The Morgan fingerprint density at radius 1 is 1.11 bits per heavy atom. The maximum Gasteiger partial charge on any atom is 0.258 e. The van der Waals surface area contributed by atoms with Crippen LogP contribution in [-0.4, -0.2) is 34.0 Å². The van der Waals surface area contributed by atoms with Crippen molar-refractivity contribution in [2.45, 2.75) is 46.8 Å². The van der Waals surface area contributed by atoms with Crippen molar-refractivity contribution < 1.29 is 14.6 Å². The van der Waals surface area contributed by atoms with Crippen molar-refractivity contribution >= 4 is 5.78 Å². The molecule has 0 atom stereocenters. The number of nitrogens with zero attached hydrogens (tertiary/aromatic N) is 2. The van der Waals surface area contributed by atoms with Crippen molar-refractivity contribution in [2.24, 2.45) is 0 Å². The Balaban J connectivity index is 1.77. The van der Waals surface area contributed by atoms with Gasteiger partial charge in [0, 0.05) is 55.0 Å². The maximum absolute atomic E-state index is 13.6. The van der Waals surface area contributed by atoms with E-state index in [1.807, 2.05) is 42.7 Å². The number of carbonyl (C=O) groups excluding carboxylic acids is 1. The summed E-state index contributed by atoms with van der Waals surface area (Å²) in [5.74, 6) is 0.842. The molecule has 0 fully saturated rings. The summed E-state index contributed by atoms with van der Waals surface area (Å²) in [6.07, 6.45) is 2.79. The van der Waals surface area contributed by atoms with Crippen LogP contribution in [0.4, 0.5) is 0 Å². The number of phenols is 1. The predicted molar refractivity (Wildman–Crippen MR) is 138 cm³/mol. The van der Waals surface area contributed by atoms with Crippen LogP contribution >= 0.6 is 0 Å². The summed E-state index contributed by atoms with van der Waals surface area (Å²) in [6.45, 7) is 8.04. The summed E-state index contributed by atoms with van der Waals surface area (Å²) >= 11 is 0. The van der Waals surface area contributed by atoms with Crippen molar-refractivity contribution in [1.29, 1.82) is 0 Å². The summed E-state index contributed by atoms with van der Waals surface area (Å²) in [6, 6.07) is 14.5. The summed E-state index contributed by atoms with van der Waals surface area (Å²) in [4.78, 5) is 27.8. The van der Waals surface area contributed by atoms with Gasteiger partial charge in [0.15, 0.2) is 5.78 Å². The smallest absolute Gasteiger partial charge is 0.258 e. The lowest BCUT2D eigenvalue weighted by atomic mass is 9.97. The molecule has 2 aromatic carbocycles. The third-order valence-electron chi connectivity index (χ3n) is 6.52. The standard InChI is InChI=1S/C29H32N2O4/c1-19(2)11-14-31-26-12-13-30(18-25-27(33)9-6-10-28(25)35-4)17-23(26)16-24(29(31)34)22-8-5-7-21(15-22)20(3)32/h5-11,15-16,33H,12-14,17-18H2,1-4H3. The lowest BCUT2D eigenvalue weighted by Crippen LogP contribution is -2.36. The highest BCUT2D eigenvalue weighted by Gasteiger charge is 2.24. The number of ketones is 1.